The lowest BCUT2D eigenvalue weighted by Gasteiger charge is -2.29. The van der Waals surface area contributed by atoms with Gasteiger partial charge < -0.3 is 32.0 Å². The molecule has 1 aromatic carbocycles. The van der Waals surface area contributed by atoms with E-state index < -0.39 is 22.2 Å². The van der Waals surface area contributed by atoms with E-state index in [9.17, 15) is 8.42 Å². The summed E-state index contributed by atoms with van der Waals surface area (Å²) in [7, 11) is -0.911. The van der Waals surface area contributed by atoms with E-state index in [0.29, 0.717) is 30.8 Å². The molecule has 2 aliphatic carbocycles. The van der Waals surface area contributed by atoms with Gasteiger partial charge in [0.1, 0.15) is 0 Å². The molecule has 0 bridgehead atoms. The second-order valence-electron chi connectivity index (χ2n) is 10.1. The largest absolute Gasteiger partial charge is 0.383 e. The number of aryl methyl sites for hydroxylation is 1. The molecule has 1 aromatic rings. The van der Waals surface area contributed by atoms with Crippen LogP contribution in [0.3, 0.4) is 0 Å². The molecule has 2 aliphatic rings. The van der Waals surface area contributed by atoms with Crippen LogP contribution in [0.2, 0.25) is 0 Å². The fourth-order valence-corrected chi connectivity index (χ4v) is 5.17. The Kier molecular flexibility index (Phi) is 15.0. The van der Waals surface area contributed by atoms with Crippen LogP contribution >= 0.6 is 0 Å². The zero-order valence-corrected chi connectivity index (χ0v) is 24.2. The number of ether oxygens (including phenoxy) is 2. The van der Waals surface area contributed by atoms with Crippen molar-refractivity contribution in [2.24, 2.45) is 17.2 Å². The molecule has 10 heteroatoms. The summed E-state index contributed by atoms with van der Waals surface area (Å²) in [4.78, 5) is 0.0395. The predicted molar refractivity (Wildman–Crippen MR) is 150 cm³/mol. The summed E-state index contributed by atoms with van der Waals surface area (Å²) in [6.45, 7) is 5.34. The maximum absolute atomic E-state index is 11.8. The first-order chi connectivity index (χ1) is 18.1. The van der Waals surface area contributed by atoms with Crippen LogP contribution in [0.1, 0.15) is 73.5 Å². The monoisotopic (exact) mass is 546 g/mol. The molecule has 0 saturated heterocycles. The van der Waals surface area contributed by atoms with Crippen molar-refractivity contribution in [3.05, 3.63) is 29.8 Å². The van der Waals surface area contributed by atoms with Crippen molar-refractivity contribution in [3.8, 4) is 0 Å². The number of benzene rings is 1. The van der Waals surface area contributed by atoms with Crippen LogP contribution in [0.5, 0.6) is 0 Å². The van der Waals surface area contributed by atoms with Crippen LogP contribution in [0.25, 0.3) is 0 Å². The smallest absolute Gasteiger partial charge is 0.297 e. The van der Waals surface area contributed by atoms with Gasteiger partial charge in [-0.15, -0.1) is 0 Å². The van der Waals surface area contributed by atoms with E-state index in [0.717, 1.165) is 56.9 Å². The van der Waals surface area contributed by atoms with Gasteiger partial charge in [-0.3, -0.25) is 4.18 Å². The highest BCUT2D eigenvalue weighted by atomic mass is 32.2. The van der Waals surface area contributed by atoms with Crippen molar-refractivity contribution in [1.29, 1.82) is 0 Å². The number of rotatable bonds is 9. The molecule has 216 valence electrons. The molecule has 2 unspecified atom stereocenters. The zero-order valence-electron chi connectivity index (χ0n) is 25.4. The number of methoxy groups -OCH3 is 2. The lowest BCUT2D eigenvalue weighted by Crippen LogP contribution is -2.43. The van der Waals surface area contributed by atoms with Crippen LogP contribution in [-0.2, 0) is 23.8 Å². The second kappa shape index (κ2) is 18.2. The fraction of sp³-hybridized carbons (Fsp3) is 0.778. The molecule has 0 aliphatic heterocycles. The topological polar surface area (TPSA) is 152 Å². The molecule has 0 aromatic heterocycles. The minimum atomic E-state index is -3.92. The van der Waals surface area contributed by atoms with Crippen molar-refractivity contribution in [1.82, 2.24) is 5.32 Å². The van der Waals surface area contributed by atoms with Crippen LogP contribution in [0, 0.1) is 6.92 Å². The van der Waals surface area contributed by atoms with Crippen molar-refractivity contribution >= 4 is 10.1 Å². The van der Waals surface area contributed by atoms with Crippen molar-refractivity contribution < 1.29 is 24.8 Å². The predicted octanol–water partition coefficient (Wildman–Crippen LogP) is 2.83. The van der Waals surface area contributed by atoms with Crippen LogP contribution in [-0.4, -0.2) is 72.1 Å². The van der Waals surface area contributed by atoms with E-state index in [2.05, 4.69) is 5.32 Å². The third-order valence-corrected chi connectivity index (χ3v) is 7.66. The standard InChI is InChI=1S/C11H16O4S.C10H22N2O.C6H14N2/c1-9-4-6-11(7-5-9)16(12,13)15-10(2)8-14-3;1-8(7-13-2)12-10-5-3-9(11)4-6-10;7-5-1-2-6(8)4-3-5/h4-7,10H,8H2,1-3H3;8-10,12H,3-7,11H2,1-2H3;5-6H,1-4,7-8H2/i10D;8D;. The maximum Gasteiger partial charge on any atom is 0.297 e. The van der Waals surface area contributed by atoms with E-state index in [1.165, 1.54) is 26.2 Å². The van der Waals surface area contributed by atoms with Crippen LogP contribution in [0.15, 0.2) is 29.2 Å². The van der Waals surface area contributed by atoms with Gasteiger partial charge in [0.2, 0.25) is 0 Å². The van der Waals surface area contributed by atoms with Gasteiger partial charge in [0.25, 0.3) is 10.1 Å². The number of hydrogen-bond acceptors (Lipinski definition) is 9. The van der Waals surface area contributed by atoms with E-state index in [1.807, 2.05) is 13.8 Å². The molecule has 37 heavy (non-hydrogen) atoms. The Morgan fingerprint density at radius 1 is 0.865 bits per heavy atom. The Bertz CT molecular complexity index is 893. The van der Waals surface area contributed by atoms with E-state index in [4.69, 9.17) is 33.6 Å². The minimum Gasteiger partial charge on any atom is -0.383 e. The molecular weight excluding hydrogens is 492 g/mol. The number of nitrogens with two attached hydrogens (primary N) is 3. The Morgan fingerprint density at radius 3 is 1.73 bits per heavy atom. The quantitative estimate of drug-likeness (QED) is 0.343. The summed E-state index contributed by atoms with van der Waals surface area (Å²) >= 11 is 0. The summed E-state index contributed by atoms with van der Waals surface area (Å²) in [5.41, 5.74) is 18.1. The van der Waals surface area contributed by atoms with Crippen LogP contribution in [0.4, 0.5) is 0 Å². The van der Waals surface area contributed by atoms with E-state index >= 15 is 0 Å². The van der Waals surface area contributed by atoms with Gasteiger partial charge in [0.15, 0.2) is 0 Å². The van der Waals surface area contributed by atoms with Crippen LogP contribution < -0.4 is 22.5 Å². The van der Waals surface area contributed by atoms with Gasteiger partial charge in [-0.25, -0.2) is 0 Å². The van der Waals surface area contributed by atoms with Crippen molar-refractivity contribution in [2.75, 3.05) is 27.4 Å². The van der Waals surface area contributed by atoms with Gasteiger partial charge >= 0.3 is 0 Å². The molecule has 2 atom stereocenters. The molecular formula is C27H52N4O5S. The Hall–Kier alpha value is -1.11. The molecule has 3 rings (SSSR count). The van der Waals surface area contributed by atoms with E-state index in [1.54, 1.807) is 19.2 Å². The highest BCUT2D eigenvalue weighted by Crippen LogP contribution is 2.17. The van der Waals surface area contributed by atoms with Gasteiger partial charge in [-0.2, -0.15) is 8.42 Å². The van der Waals surface area contributed by atoms with Gasteiger partial charge in [-0.1, -0.05) is 17.7 Å². The average Bonchev–Trinajstić information content (AvgIpc) is 2.83. The molecule has 2 saturated carbocycles. The van der Waals surface area contributed by atoms with Crippen molar-refractivity contribution in [2.45, 2.75) is 113 Å². The number of nitrogens with one attached hydrogen (secondary N) is 1. The first kappa shape index (κ1) is 30.4. The third kappa shape index (κ3) is 15.2. The first-order valence-corrected chi connectivity index (χ1v) is 14.5. The summed E-state index contributed by atoms with van der Waals surface area (Å²) in [5.74, 6) is 0. The molecule has 0 spiro atoms. The van der Waals surface area contributed by atoms with Gasteiger partial charge in [-0.05, 0) is 84.3 Å². The maximum atomic E-state index is 11.8. The summed E-state index contributed by atoms with van der Waals surface area (Å²) in [6.07, 6.45) is 7.18. The molecule has 0 amide bonds. The summed E-state index contributed by atoms with van der Waals surface area (Å²) < 4.78 is 53.8. The highest BCUT2D eigenvalue weighted by Gasteiger charge is 2.20. The zero-order chi connectivity index (χ0) is 29.7. The normalized spacial score (nSPS) is 28.1. The van der Waals surface area contributed by atoms with Gasteiger partial charge in [0.05, 0.1) is 25.6 Å². The average molecular weight is 547 g/mol. The molecule has 9 nitrogen and oxygen atoms in total. The lowest BCUT2D eigenvalue weighted by atomic mass is 9.91. The Balaban J connectivity index is 0.000000310. The summed E-state index contributed by atoms with van der Waals surface area (Å²) in [5, 5.41) is 3.30. The molecule has 0 radical (unpaired) electrons. The van der Waals surface area contributed by atoms with Crippen molar-refractivity contribution in [3.63, 3.8) is 0 Å². The van der Waals surface area contributed by atoms with Gasteiger partial charge in [0, 0.05) is 45.8 Å². The Labute approximate surface area is 228 Å². The molecule has 7 N–H and O–H groups in total. The summed E-state index contributed by atoms with van der Waals surface area (Å²) in [6, 6.07) is 7.27. The minimum absolute atomic E-state index is 0.0395. The molecule has 0 heterocycles. The fourth-order valence-electron chi connectivity index (χ4n) is 4.18. The highest BCUT2D eigenvalue weighted by molar-refractivity contribution is 7.86. The van der Waals surface area contributed by atoms with E-state index in [-0.39, 0.29) is 11.5 Å². The lowest BCUT2D eigenvalue weighted by molar-refractivity contribution is 0.0962. The number of hydrogen-bond donors (Lipinski definition) is 4. The third-order valence-electron chi connectivity index (χ3n) is 6.31. The molecule has 2 fully saturated rings. The second-order valence-corrected chi connectivity index (χ2v) is 11.7. The Morgan fingerprint density at radius 2 is 1.30 bits per heavy atom. The first-order valence-electron chi connectivity index (χ1n) is 14.1. The SMILES string of the molecule is NC1CCC(N)CC1.[2H]C(C)(COC)NC1CCC(N)CC1.[2H]C(C)(COC)OS(=O)(=O)c1ccc(C)cc1.